The quantitative estimate of drug-likeness (QED) is 0.878. The third-order valence-electron chi connectivity index (χ3n) is 2.30. The number of carbonyl (C=O) groups excluding carboxylic acids is 1. The van der Waals surface area contributed by atoms with Gasteiger partial charge in [0.2, 0.25) is 0 Å². The maximum Gasteiger partial charge on any atom is 0.259 e. The highest BCUT2D eigenvalue weighted by Gasteiger charge is 2.13. The van der Waals surface area contributed by atoms with E-state index in [0.29, 0.717) is 5.75 Å². The molecule has 0 aliphatic carbocycles. The molecule has 1 aromatic carbocycles. The Balaban J connectivity index is 2.20. The van der Waals surface area contributed by atoms with Gasteiger partial charge in [0, 0.05) is 12.1 Å². The van der Waals surface area contributed by atoms with Crippen LogP contribution in [0.1, 0.15) is 10.4 Å². The van der Waals surface area contributed by atoms with Crippen molar-refractivity contribution in [2.45, 2.75) is 0 Å². The van der Waals surface area contributed by atoms with Crippen LogP contribution in [0, 0.1) is 5.82 Å². The summed E-state index contributed by atoms with van der Waals surface area (Å²) in [6.07, 6.45) is 1.20. The average molecular weight is 282 g/mol. The fourth-order valence-corrected chi connectivity index (χ4v) is 1.54. The van der Waals surface area contributed by atoms with Crippen LogP contribution in [0.4, 0.5) is 10.2 Å². The molecule has 0 saturated heterocycles. The summed E-state index contributed by atoms with van der Waals surface area (Å²) in [4.78, 5) is 19.3. The number of hydrogen-bond acceptors (Lipinski definition) is 4. The van der Waals surface area contributed by atoms with E-state index in [-0.39, 0.29) is 16.5 Å². The van der Waals surface area contributed by atoms with Crippen molar-refractivity contribution >= 4 is 23.3 Å². The molecule has 7 heteroatoms. The molecule has 98 valence electrons. The molecule has 2 aromatic rings. The number of carbonyl (C=O) groups is 1. The van der Waals surface area contributed by atoms with Gasteiger partial charge in [-0.25, -0.2) is 14.4 Å². The number of amides is 1. The predicted octanol–water partition coefficient (Wildman–Crippen LogP) is 2.53. The van der Waals surface area contributed by atoms with Crippen molar-refractivity contribution < 1.29 is 13.9 Å². The first-order chi connectivity index (χ1) is 9.10. The molecule has 0 aliphatic heterocycles. The zero-order valence-corrected chi connectivity index (χ0v) is 10.6. The van der Waals surface area contributed by atoms with Crippen LogP contribution in [0.25, 0.3) is 0 Å². The lowest BCUT2D eigenvalue weighted by atomic mass is 10.2. The summed E-state index contributed by atoms with van der Waals surface area (Å²) < 4.78 is 18.5. The molecule has 0 bridgehead atoms. The van der Waals surface area contributed by atoms with Crippen LogP contribution in [0.5, 0.6) is 5.75 Å². The standard InChI is InChI=1S/C12H9ClFN3O2/c1-19-7-2-3-8(9(14)4-7)12(18)17-11-5-10(13)15-6-16-11/h2-6H,1H3,(H,15,16,17,18). The number of halogens is 2. The van der Waals surface area contributed by atoms with Crippen LogP contribution in [0.2, 0.25) is 5.15 Å². The maximum absolute atomic E-state index is 13.7. The Bertz CT molecular complexity index is 622. The number of rotatable bonds is 3. The first kappa shape index (κ1) is 13.2. The fraction of sp³-hybridized carbons (Fsp3) is 0.0833. The highest BCUT2D eigenvalue weighted by Crippen LogP contribution is 2.17. The van der Waals surface area contributed by atoms with Gasteiger partial charge in [0.1, 0.15) is 28.9 Å². The highest BCUT2D eigenvalue weighted by molar-refractivity contribution is 6.29. The van der Waals surface area contributed by atoms with Crippen molar-refractivity contribution in [3.63, 3.8) is 0 Å². The Kier molecular flexibility index (Phi) is 3.91. The summed E-state index contributed by atoms with van der Waals surface area (Å²) in [5, 5.41) is 2.60. The second-order valence-corrected chi connectivity index (χ2v) is 3.91. The minimum Gasteiger partial charge on any atom is -0.497 e. The van der Waals surface area contributed by atoms with E-state index in [4.69, 9.17) is 16.3 Å². The second-order valence-electron chi connectivity index (χ2n) is 3.53. The molecule has 1 amide bonds. The number of nitrogens with zero attached hydrogens (tertiary/aromatic N) is 2. The van der Waals surface area contributed by atoms with E-state index in [1.54, 1.807) is 0 Å². The van der Waals surface area contributed by atoms with Gasteiger partial charge in [-0.2, -0.15) is 0 Å². The number of benzene rings is 1. The molecule has 1 aromatic heterocycles. The fourth-order valence-electron chi connectivity index (χ4n) is 1.39. The third-order valence-corrected chi connectivity index (χ3v) is 2.50. The summed E-state index contributed by atoms with van der Waals surface area (Å²) in [5.74, 6) is -0.786. The lowest BCUT2D eigenvalue weighted by molar-refractivity contribution is 0.102. The van der Waals surface area contributed by atoms with Gasteiger partial charge in [-0.15, -0.1) is 0 Å². The zero-order valence-electron chi connectivity index (χ0n) is 9.85. The molecule has 0 radical (unpaired) electrons. The van der Waals surface area contributed by atoms with E-state index in [1.807, 2.05) is 0 Å². The van der Waals surface area contributed by atoms with E-state index in [0.717, 1.165) is 6.07 Å². The smallest absolute Gasteiger partial charge is 0.259 e. The summed E-state index contributed by atoms with van der Waals surface area (Å²) >= 11 is 5.65. The van der Waals surface area contributed by atoms with Crippen molar-refractivity contribution in [1.29, 1.82) is 0 Å². The van der Waals surface area contributed by atoms with Crippen molar-refractivity contribution in [2.24, 2.45) is 0 Å². The Morgan fingerprint density at radius 3 is 2.79 bits per heavy atom. The monoisotopic (exact) mass is 281 g/mol. The Morgan fingerprint density at radius 2 is 2.16 bits per heavy atom. The molecular weight excluding hydrogens is 273 g/mol. The van der Waals surface area contributed by atoms with Gasteiger partial charge in [0.05, 0.1) is 12.7 Å². The van der Waals surface area contributed by atoms with Crippen molar-refractivity contribution in [3.8, 4) is 5.75 Å². The Labute approximate surface area is 113 Å². The minimum atomic E-state index is -0.683. The molecule has 0 fully saturated rings. The van der Waals surface area contributed by atoms with Gasteiger partial charge in [0.15, 0.2) is 0 Å². The van der Waals surface area contributed by atoms with Crippen LogP contribution >= 0.6 is 11.6 Å². The highest BCUT2D eigenvalue weighted by atomic mass is 35.5. The Hall–Kier alpha value is -2.21. The van der Waals surface area contributed by atoms with Gasteiger partial charge in [-0.3, -0.25) is 4.79 Å². The molecule has 0 spiro atoms. The number of nitrogens with one attached hydrogen (secondary N) is 1. The van der Waals surface area contributed by atoms with Crippen LogP contribution < -0.4 is 10.1 Å². The van der Waals surface area contributed by atoms with Crippen LogP contribution in [-0.2, 0) is 0 Å². The zero-order chi connectivity index (χ0) is 13.8. The summed E-state index contributed by atoms with van der Waals surface area (Å²) in [6, 6.07) is 5.31. The van der Waals surface area contributed by atoms with Crippen LogP contribution in [0.15, 0.2) is 30.6 Å². The molecule has 0 saturated carbocycles. The second kappa shape index (κ2) is 5.62. The molecule has 0 atom stereocenters. The Morgan fingerprint density at radius 1 is 1.37 bits per heavy atom. The molecule has 2 rings (SSSR count). The molecule has 0 aliphatic rings. The van der Waals surface area contributed by atoms with E-state index in [1.165, 1.54) is 31.6 Å². The van der Waals surface area contributed by atoms with E-state index < -0.39 is 11.7 Å². The van der Waals surface area contributed by atoms with Gasteiger partial charge >= 0.3 is 0 Å². The molecule has 1 N–H and O–H groups in total. The first-order valence-electron chi connectivity index (χ1n) is 5.22. The van der Waals surface area contributed by atoms with Crippen molar-refractivity contribution in [2.75, 3.05) is 12.4 Å². The molecule has 19 heavy (non-hydrogen) atoms. The van der Waals surface area contributed by atoms with E-state index in [2.05, 4.69) is 15.3 Å². The summed E-state index contributed by atoms with van der Waals surface area (Å²) in [5.41, 5.74) is -0.115. The predicted molar refractivity (Wildman–Crippen MR) is 67.9 cm³/mol. The van der Waals surface area contributed by atoms with Gasteiger partial charge in [-0.05, 0) is 12.1 Å². The van der Waals surface area contributed by atoms with Gasteiger partial charge in [0.25, 0.3) is 5.91 Å². The van der Waals surface area contributed by atoms with Crippen LogP contribution in [-0.4, -0.2) is 23.0 Å². The normalized spacial score (nSPS) is 10.1. The third kappa shape index (κ3) is 3.17. The maximum atomic E-state index is 13.7. The number of ether oxygens (including phenoxy) is 1. The molecular formula is C12H9ClFN3O2. The van der Waals surface area contributed by atoms with Crippen molar-refractivity contribution in [3.05, 3.63) is 47.1 Å². The van der Waals surface area contributed by atoms with E-state index >= 15 is 0 Å². The topological polar surface area (TPSA) is 64.1 Å². The van der Waals surface area contributed by atoms with Gasteiger partial charge in [-0.1, -0.05) is 11.6 Å². The number of aromatic nitrogens is 2. The SMILES string of the molecule is COc1ccc(C(=O)Nc2cc(Cl)ncn2)c(F)c1. The largest absolute Gasteiger partial charge is 0.497 e. The summed E-state index contributed by atoms with van der Waals surface area (Å²) in [7, 11) is 1.41. The lowest BCUT2D eigenvalue weighted by Crippen LogP contribution is -2.14. The number of anilines is 1. The minimum absolute atomic E-state index is 0.115. The number of hydrogen-bond donors (Lipinski definition) is 1. The molecule has 1 heterocycles. The number of methoxy groups -OCH3 is 1. The first-order valence-corrected chi connectivity index (χ1v) is 5.60. The van der Waals surface area contributed by atoms with E-state index in [9.17, 15) is 9.18 Å². The molecule has 5 nitrogen and oxygen atoms in total. The average Bonchev–Trinajstić information content (AvgIpc) is 2.38. The molecule has 0 unspecified atom stereocenters. The summed E-state index contributed by atoms with van der Waals surface area (Å²) in [6.45, 7) is 0. The van der Waals surface area contributed by atoms with Gasteiger partial charge < -0.3 is 10.1 Å². The van der Waals surface area contributed by atoms with Crippen LogP contribution in [0.3, 0.4) is 0 Å². The van der Waals surface area contributed by atoms with Crippen molar-refractivity contribution in [1.82, 2.24) is 9.97 Å². The lowest BCUT2D eigenvalue weighted by Gasteiger charge is -2.06.